The van der Waals surface area contributed by atoms with Gasteiger partial charge in [-0.3, -0.25) is 4.98 Å². The summed E-state index contributed by atoms with van der Waals surface area (Å²) < 4.78 is 10.3. The van der Waals surface area contributed by atoms with Gasteiger partial charge in [-0.1, -0.05) is 6.07 Å². The van der Waals surface area contributed by atoms with Crippen LogP contribution in [0.25, 0.3) is 0 Å². The van der Waals surface area contributed by atoms with E-state index in [2.05, 4.69) is 11.1 Å². The van der Waals surface area contributed by atoms with Crippen molar-refractivity contribution in [2.45, 2.75) is 19.3 Å². The van der Waals surface area contributed by atoms with Crippen LogP contribution in [0.1, 0.15) is 17.7 Å². The van der Waals surface area contributed by atoms with Gasteiger partial charge in [0.25, 0.3) is 0 Å². The number of hydrogen-bond donors (Lipinski definition) is 0. The number of hydrogen-bond acceptors (Lipinski definition) is 4. The van der Waals surface area contributed by atoms with Crippen LogP contribution >= 0.6 is 0 Å². The van der Waals surface area contributed by atoms with Gasteiger partial charge < -0.3 is 9.47 Å². The van der Waals surface area contributed by atoms with Crippen molar-refractivity contribution < 1.29 is 9.47 Å². The minimum absolute atomic E-state index is 0.375. The monoisotopic (exact) mass is 234 g/mol. The summed E-state index contributed by atoms with van der Waals surface area (Å²) in [6.45, 7) is 2.03. The summed E-state index contributed by atoms with van der Waals surface area (Å²) in [5, 5.41) is 8.52. The van der Waals surface area contributed by atoms with Crippen molar-refractivity contribution in [3.8, 4) is 6.07 Å². The highest BCUT2D eigenvalue weighted by molar-refractivity contribution is 5.16. The largest absolute Gasteiger partial charge is 0.382 e. The predicted octanol–water partition coefficient (Wildman–Crippen LogP) is 1.74. The van der Waals surface area contributed by atoms with Crippen LogP contribution in [0, 0.1) is 11.3 Å². The molecule has 1 heterocycles. The maximum Gasteiger partial charge on any atom is 0.0774 e. The number of rotatable bonds is 8. The Morgan fingerprint density at radius 1 is 1.29 bits per heavy atom. The number of aryl methyl sites for hydroxylation is 1. The van der Waals surface area contributed by atoms with E-state index < -0.39 is 0 Å². The van der Waals surface area contributed by atoms with Crippen molar-refractivity contribution >= 4 is 0 Å². The molecular weight excluding hydrogens is 216 g/mol. The first-order chi connectivity index (χ1) is 8.36. The maximum absolute atomic E-state index is 8.52. The molecule has 0 aliphatic rings. The van der Waals surface area contributed by atoms with Gasteiger partial charge in [-0.15, -0.1) is 0 Å². The molecule has 92 valence electrons. The molecule has 0 unspecified atom stereocenters. The van der Waals surface area contributed by atoms with Crippen molar-refractivity contribution in [1.29, 1.82) is 5.26 Å². The van der Waals surface area contributed by atoms with Gasteiger partial charge in [-0.05, 0) is 24.5 Å². The van der Waals surface area contributed by atoms with E-state index in [9.17, 15) is 0 Å². The molecule has 0 spiro atoms. The number of nitrogens with zero attached hydrogens (tertiary/aromatic N) is 2. The summed E-state index contributed by atoms with van der Waals surface area (Å²) in [6.07, 6.45) is 4.14. The minimum Gasteiger partial charge on any atom is -0.382 e. The molecule has 0 saturated heterocycles. The molecule has 1 rings (SSSR count). The van der Waals surface area contributed by atoms with Gasteiger partial charge in [0.15, 0.2) is 0 Å². The molecule has 0 saturated carbocycles. The maximum atomic E-state index is 8.52. The van der Waals surface area contributed by atoms with Crippen LogP contribution in [0.3, 0.4) is 0 Å². The molecule has 4 heteroatoms. The van der Waals surface area contributed by atoms with Crippen molar-refractivity contribution in [1.82, 2.24) is 4.98 Å². The molecule has 1 aromatic rings. The molecule has 0 aliphatic heterocycles. The lowest BCUT2D eigenvalue weighted by molar-refractivity contribution is 0.0695. The van der Waals surface area contributed by atoms with Crippen LogP contribution in [-0.2, 0) is 22.3 Å². The highest BCUT2D eigenvalue weighted by atomic mass is 16.5. The second-order valence-electron chi connectivity index (χ2n) is 3.70. The molecule has 4 nitrogen and oxygen atoms in total. The highest BCUT2D eigenvalue weighted by Gasteiger charge is 1.96. The van der Waals surface area contributed by atoms with Crippen LogP contribution in [0.4, 0.5) is 0 Å². The molecule has 0 aliphatic carbocycles. The molecule has 0 N–H and O–H groups in total. The third-order valence-corrected chi connectivity index (χ3v) is 2.33. The molecule has 0 aromatic carbocycles. The molecule has 0 atom stereocenters. The Morgan fingerprint density at radius 3 is 2.82 bits per heavy atom. The Kier molecular flexibility index (Phi) is 6.96. The van der Waals surface area contributed by atoms with E-state index in [1.807, 2.05) is 18.3 Å². The Bertz CT molecular complexity index is 343. The van der Waals surface area contributed by atoms with Gasteiger partial charge in [0.1, 0.15) is 0 Å². The first kappa shape index (κ1) is 13.6. The molecule has 17 heavy (non-hydrogen) atoms. The lowest BCUT2D eigenvalue weighted by Gasteiger charge is -2.04. The van der Waals surface area contributed by atoms with Crippen molar-refractivity contribution in [3.63, 3.8) is 0 Å². The van der Waals surface area contributed by atoms with E-state index in [0.29, 0.717) is 19.6 Å². The number of nitriles is 1. The zero-order chi connectivity index (χ0) is 12.3. The molecule has 1 aromatic heterocycles. The van der Waals surface area contributed by atoms with E-state index in [1.165, 1.54) is 5.56 Å². The second kappa shape index (κ2) is 8.68. The normalized spacial score (nSPS) is 10.1. The molecule has 0 amide bonds. The second-order valence-corrected chi connectivity index (χ2v) is 3.70. The van der Waals surface area contributed by atoms with Gasteiger partial charge in [-0.25, -0.2) is 0 Å². The molecule has 0 fully saturated rings. The van der Waals surface area contributed by atoms with Crippen LogP contribution in [0.15, 0.2) is 18.3 Å². The Hall–Kier alpha value is -1.44. The fraction of sp³-hybridized carbons (Fsp3) is 0.538. The SMILES string of the molecule is COCCOCCCc1ccc(CC#N)nc1. The van der Waals surface area contributed by atoms with Crippen LogP contribution < -0.4 is 0 Å². The van der Waals surface area contributed by atoms with Crippen LogP contribution in [0.2, 0.25) is 0 Å². The number of pyridine rings is 1. The minimum atomic E-state index is 0.375. The summed E-state index contributed by atoms with van der Waals surface area (Å²) in [5.74, 6) is 0. The first-order valence-electron chi connectivity index (χ1n) is 5.74. The average molecular weight is 234 g/mol. The summed E-state index contributed by atoms with van der Waals surface area (Å²) in [5.41, 5.74) is 2.01. The quantitative estimate of drug-likeness (QED) is 0.643. The Labute approximate surface area is 102 Å². The van der Waals surface area contributed by atoms with E-state index in [-0.39, 0.29) is 0 Å². The summed E-state index contributed by atoms with van der Waals surface area (Å²) >= 11 is 0. The summed E-state index contributed by atoms with van der Waals surface area (Å²) in [4.78, 5) is 4.21. The van der Waals surface area contributed by atoms with Crippen molar-refractivity contribution in [3.05, 3.63) is 29.6 Å². The van der Waals surface area contributed by atoms with Gasteiger partial charge in [0.05, 0.1) is 31.4 Å². The van der Waals surface area contributed by atoms with Crippen molar-refractivity contribution in [2.24, 2.45) is 0 Å². The molecular formula is C13H18N2O2. The van der Waals surface area contributed by atoms with E-state index in [4.69, 9.17) is 14.7 Å². The van der Waals surface area contributed by atoms with E-state index in [1.54, 1.807) is 7.11 Å². The number of methoxy groups -OCH3 is 1. The smallest absolute Gasteiger partial charge is 0.0774 e. The Morgan fingerprint density at radius 2 is 2.18 bits per heavy atom. The van der Waals surface area contributed by atoms with Crippen LogP contribution in [0.5, 0.6) is 0 Å². The standard InChI is InChI=1S/C13H18N2O2/c1-16-9-10-17-8-2-3-12-4-5-13(6-7-14)15-11-12/h4-5,11H,2-3,6,8-10H2,1H3. The summed E-state index contributed by atoms with van der Waals surface area (Å²) in [7, 11) is 1.66. The molecule has 0 bridgehead atoms. The van der Waals surface area contributed by atoms with Gasteiger partial charge in [0, 0.05) is 19.9 Å². The lowest BCUT2D eigenvalue weighted by Crippen LogP contribution is -2.04. The van der Waals surface area contributed by atoms with Crippen molar-refractivity contribution in [2.75, 3.05) is 26.9 Å². The predicted molar refractivity (Wildman–Crippen MR) is 64.6 cm³/mol. The fourth-order valence-corrected chi connectivity index (χ4v) is 1.41. The third kappa shape index (κ3) is 6.00. The van der Waals surface area contributed by atoms with E-state index >= 15 is 0 Å². The molecule has 0 radical (unpaired) electrons. The zero-order valence-electron chi connectivity index (χ0n) is 10.2. The first-order valence-corrected chi connectivity index (χ1v) is 5.74. The Balaban J connectivity index is 2.17. The lowest BCUT2D eigenvalue weighted by atomic mass is 10.1. The fourth-order valence-electron chi connectivity index (χ4n) is 1.41. The topological polar surface area (TPSA) is 55.1 Å². The van der Waals surface area contributed by atoms with Gasteiger partial charge in [0.2, 0.25) is 0 Å². The van der Waals surface area contributed by atoms with Crippen LogP contribution in [-0.4, -0.2) is 31.9 Å². The number of aromatic nitrogens is 1. The average Bonchev–Trinajstić information content (AvgIpc) is 2.36. The number of ether oxygens (including phenoxy) is 2. The van der Waals surface area contributed by atoms with Gasteiger partial charge in [-0.2, -0.15) is 5.26 Å². The van der Waals surface area contributed by atoms with Gasteiger partial charge >= 0.3 is 0 Å². The highest BCUT2D eigenvalue weighted by Crippen LogP contribution is 2.04. The summed E-state index contributed by atoms with van der Waals surface area (Å²) in [6, 6.07) is 6.01. The van der Waals surface area contributed by atoms with E-state index in [0.717, 1.165) is 25.1 Å². The third-order valence-electron chi connectivity index (χ3n) is 2.33. The zero-order valence-corrected chi connectivity index (χ0v) is 10.2.